The van der Waals surface area contributed by atoms with Crippen molar-refractivity contribution < 1.29 is 13.9 Å². The van der Waals surface area contributed by atoms with Gasteiger partial charge >= 0.3 is 0 Å². The molecule has 0 aliphatic rings. The Morgan fingerprint density at radius 2 is 2.04 bits per heavy atom. The minimum absolute atomic E-state index is 0.0979. The van der Waals surface area contributed by atoms with Crippen LogP contribution in [0.2, 0.25) is 0 Å². The molecule has 1 amide bonds. The number of amides is 1. The number of hydrogen-bond donors (Lipinski definition) is 2. The number of hydrogen-bond acceptors (Lipinski definition) is 3. The lowest BCUT2D eigenvalue weighted by Crippen LogP contribution is -2.18. The van der Waals surface area contributed by atoms with Gasteiger partial charge in [-0.1, -0.05) is 19.9 Å². The van der Waals surface area contributed by atoms with Crippen LogP contribution >= 0.6 is 0 Å². The van der Waals surface area contributed by atoms with Crippen LogP contribution in [0.5, 0.6) is 5.75 Å². The van der Waals surface area contributed by atoms with Gasteiger partial charge in [0, 0.05) is 16.9 Å². The highest BCUT2D eigenvalue weighted by Crippen LogP contribution is 2.33. The Balaban J connectivity index is 2.02. The number of rotatable bonds is 4. The first-order chi connectivity index (χ1) is 11.5. The molecular weight excluding hydrogens is 309 g/mol. The number of fused-ring (bicyclic) bond motifs is 1. The molecular formula is C18H18FN3O2. The van der Waals surface area contributed by atoms with Crippen molar-refractivity contribution in [1.29, 1.82) is 0 Å². The van der Waals surface area contributed by atoms with Gasteiger partial charge in [-0.15, -0.1) is 0 Å². The van der Waals surface area contributed by atoms with Gasteiger partial charge in [-0.05, 0) is 35.9 Å². The average molecular weight is 327 g/mol. The Morgan fingerprint density at radius 3 is 2.75 bits per heavy atom. The first kappa shape index (κ1) is 16.0. The molecule has 0 unspecified atom stereocenters. The highest BCUT2D eigenvalue weighted by Gasteiger charge is 2.14. The molecule has 3 rings (SSSR count). The fourth-order valence-corrected chi connectivity index (χ4v) is 2.45. The van der Waals surface area contributed by atoms with Crippen LogP contribution in [0.1, 0.15) is 13.8 Å². The number of H-pyrrole nitrogens is 1. The molecule has 0 radical (unpaired) electrons. The van der Waals surface area contributed by atoms with Crippen molar-refractivity contribution in [2.75, 3.05) is 12.4 Å². The zero-order valence-electron chi connectivity index (χ0n) is 13.7. The van der Waals surface area contributed by atoms with Crippen LogP contribution in [0.4, 0.5) is 10.2 Å². The van der Waals surface area contributed by atoms with E-state index in [1.54, 1.807) is 13.2 Å². The van der Waals surface area contributed by atoms with Gasteiger partial charge in [0.1, 0.15) is 11.6 Å². The number of nitrogens with one attached hydrogen (secondary N) is 2. The summed E-state index contributed by atoms with van der Waals surface area (Å²) in [5.74, 6) is 0.511. The van der Waals surface area contributed by atoms with E-state index in [4.69, 9.17) is 4.74 Å². The fraction of sp³-hybridized carbons (Fsp3) is 0.222. The maximum absolute atomic E-state index is 13.6. The fourth-order valence-electron chi connectivity index (χ4n) is 2.45. The van der Waals surface area contributed by atoms with E-state index in [0.717, 1.165) is 16.5 Å². The quantitative estimate of drug-likeness (QED) is 0.762. The molecule has 2 aromatic carbocycles. The number of aromatic amines is 1. The molecule has 0 atom stereocenters. The molecule has 1 heterocycles. The molecule has 0 bridgehead atoms. The topological polar surface area (TPSA) is 67.0 Å². The molecule has 0 saturated heterocycles. The summed E-state index contributed by atoms with van der Waals surface area (Å²) in [5.41, 5.74) is 2.20. The second-order valence-corrected chi connectivity index (χ2v) is 5.82. The first-order valence-electron chi connectivity index (χ1n) is 7.62. The van der Waals surface area contributed by atoms with Crippen LogP contribution in [0.15, 0.2) is 36.4 Å². The third-order valence-corrected chi connectivity index (χ3v) is 3.80. The normalized spacial score (nSPS) is 11.0. The lowest BCUT2D eigenvalue weighted by Gasteiger charge is -2.09. The van der Waals surface area contributed by atoms with Crippen LogP contribution in [-0.4, -0.2) is 23.2 Å². The zero-order valence-corrected chi connectivity index (χ0v) is 13.7. The Bertz CT molecular complexity index is 902. The number of nitrogens with zero attached hydrogens (tertiary/aromatic N) is 1. The van der Waals surface area contributed by atoms with Crippen LogP contribution in [0.25, 0.3) is 22.0 Å². The lowest BCUT2D eigenvalue weighted by atomic mass is 10.0. The molecule has 0 aliphatic carbocycles. The number of aromatic nitrogens is 2. The van der Waals surface area contributed by atoms with E-state index in [-0.39, 0.29) is 17.6 Å². The van der Waals surface area contributed by atoms with Crippen molar-refractivity contribution in [3.8, 4) is 16.9 Å². The number of halogens is 1. The smallest absolute Gasteiger partial charge is 0.228 e. The van der Waals surface area contributed by atoms with Crippen molar-refractivity contribution in [3.63, 3.8) is 0 Å². The van der Waals surface area contributed by atoms with E-state index in [1.807, 2.05) is 32.0 Å². The van der Waals surface area contributed by atoms with Crippen molar-refractivity contribution in [3.05, 3.63) is 42.2 Å². The molecule has 0 spiro atoms. The van der Waals surface area contributed by atoms with E-state index in [1.165, 1.54) is 12.1 Å². The lowest BCUT2D eigenvalue weighted by molar-refractivity contribution is -0.118. The van der Waals surface area contributed by atoms with Gasteiger partial charge in [-0.25, -0.2) is 4.39 Å². The zero-order chi connectivity index (χ0) is 17.3. The van der Waals surface area contributed by atoms with Crippen LogP contribution in [0, 0.1) is 11.7 Å². The molecule has 5 nitrogen and oxygen atoms in total. The number of benzene rings is 2. The van der Waals surface area contributed by atoms with E-state index in [0.29, 0.717) is 17.1 Å². The summed E-state index contributed by atoms with van der Waals surface area (Å²) in [7, 11) is 1.55. The summed E-state index contributed by atoms with van der Waals surface area (Å²) in [6.45, 7) is 3.64. The third-order valence-electron chi connectivity index (χ3n) is 3.80. The molecule has 6 heteroatoms. The number of carbonyl (C=O) groups excluding carboxylic acids is 1. The van der Waals surface area contributed by atoms with E-state index < -0.39 is 0 Å². The second kappa shape index (κ2) is 6.31. The predicted molar refractivity (Wildman–Crippen MR) is 91.5 cm³/mol. The number of carbonyl (C=O) groups is 1. The maximum atomic E-state index is 13.6. The molecule has 3 aromatic rings. The molecule has 124 valence electrons. The summed E-state index contributed by atoms with van der Waals surface area (Å²) in [6.07, 6.45) is 0. The highest BCUT2D eigenvalue weighted by molar-refractivity contribution is 6.01. The average Bonchev–Trinajstić information content (AvgIpc) is 2.96. The van der Waals surface area contributed by atoms with Gasteiger partial charge in [0.25, 0.3) is 0 Å². The maximum Gasteiger partial charge on any atom is 0.228 e. The number of anilines is 1. The Labute approximate surface area is 138 Å². The minimum Gasteiger partial charge on any atom is -0.496 e. The molecule has 24 heavy (non-hydrogen) atoms. The monoisotopic (exact) mass is 327 g/mol. The Hall–Kier alpha value is -2.89. The first-order valence-corrected chi connectivity index (χ1v) is 7.62. The van der Waals surface area contributed by atoms with E-state index in [2.05, 4.69) is 15.5 Å². The van der Waals surface area contributed by atoms with Gasteiger partial charge in [0.05, 0.1) is 12.6 Å². The van der Waals surface area contributed by atoms with E-state index in [9.17, 15) is 9.18 Å². The van der Waals surface area contributed by atoms with Crippen molar-refractivity contribution >= 4 is 22.6 Å². The van der Waals surface area contributed by atoms with Gasteiger partial charge in [-0.3, -0.25) is 9.89 Å². The minimum atomic E-state index is -0.333. The van der Waals surface area contributed by atoms with Gasteiger partial charge < -0.3 is 10.1 Å². The summed E-state index contributed by atoms with van der Waals surface area (Å²) in [6, 6.07) is 9.92. The summed E-state index contributed by atoms with van der Waals surface area (Å²) >= 11 is 0. The predicted octanol–water partition coefficient (Wildman–Crippen LogP) is 3.97. The molecule has 0 aliphatic heterocycles. The van der Waals surface area contributed by atoms with Crippen LogP contribution < -0.4 is 10.1 Å². The number of ether oxygens (including phenoxy) is 1. The van der Waals surface area contributed by atoms with Gasteiger partial charge in [0.15, 0.2) is 5.82 Å². The van der Waals surface area contributed by atoms with E-state index >= 15 is 0 Å². The third kappa shape index (κ3) is 2.95. The molecule has 0 fully saturated rings. The Kier molecular flexibility index (Phi) is 4.20. The molecule has 1 aromatic heterocycles. The van der Waals surface area contributed by atoms with Crippen LogP contribution in [-0.2, 0) is 4.79 Å². The summed E-state index contributed by atoms with van der Waals surface area (Å²) < 4.78 is 18.9. The van der Waals surface area contributed by atoms with Crippen molar-refractivity contribution in [2.24, 2.45) is 5.92 Å². The highest BCUT2D eigenvalue weighted by atomic mass is 19.1. The standard InChI is InChI=1S/C18H18FN3O2/c1-10(2)18(23)20-17-13-6-4-11(8-15(13)21-22-17)14-9-12(19)5-7-16(14)24-3/h4-10H,1-3H3,(H2,20,21,22,23). The number of methoxy groups -OCH3 is 1. The van der Waals surface area contributed by atoms with Gasteiger partial charge in [-0.2, -0.15) is 5.10 Å². The Morgan fingerprint density at radius 1 is 1.25 bits per heavy atom. The summed E-state index contributed by atoms with van der Waals surface area (Å²) in [4.78, 5) is 11.8. The van der Waals surface area contributed by atoms with Crippen molar-refractivity contribution in [2.45, 2.75) is 13.8 Å². The molecule has 0 saturated carbocycles. The van der Waals surface area contributed by atoms with Crippen molar-refractivity contribution in [1.82, 2.24) is 10.2 Å². The summed E-state index contributed by atoms with van der Waals surface area (Å²) in [5, 5.41) is 10.6. The largest absolute Gasteiger partial charge is 0.496 e. The molecule has 2 N–H and O–H groups in total. The van der Waals surface area contributed by atoms with Gasteiger partial charge in [0.2, 0.25) is 5.91 Å². The SMILES string of the molecule is COc1ccc(F)cc1-c1ccc2c(NC(=O)C(C)C)n[nH]c2c1. The van der Waals surface area contributed by atoms with Crippen LogP contribution in [0.3, 0.4) is 0 Å². The second-order valence-electron chi connectivity index (χ2n) is 5.82.